The molecule has 0 aliphatic carbocycles. The quantitative estimate of drug-likeness (QED) is 0.691. The number of ether oxygens (including phenoxy) is 1. The molecule has 0 spiro atoms. The normalized spacial score (nSPS) is 10.6. The summed E-state index contributed by atoms with van der Waals surface area (Å²) in [5.74, 6) is 0.701. The van der Waals surface area contributed by atoms with Gasteiger partial charge < -0.3 is 9.15 Å². The molecular formula is C15H13N3O3. The van der Waals surface area contributed by atoms with E-state index in [0.29, 0.717) is 17.3 Å². The first-order chi connectivity index (χ1) is 10.2. The molecule has 0 saturated heterocycles. The summed E-state index contributed by atoms with van der Waals surface area (Å²) in [4.78, 5) is 16.0. The van der Waals surface area contributed by atoms with Crippen LogP contribution in [0.25, 0.3) is 17.3 Å². The third-order valence-electron chi connectivity index (χ3n) is 3.00. The summed E-state index contributed by atoms with van der Waals surface area (Å²) in [5, 5.41) is 4.27. The molecule has 6 heteroatoms. The fraction of sp³-hybridized carbons (Fsp3) is 0.133. The van der Waals surface area contributed by atoms with Crippen LogP contribution in [0.5, 0.6) is 0 Å². The van der Waals surface area contributed by atoms with E-state index >= 15 is 0 Å². The lowest BCUT2D eigenvalue weighted by atomic mass is 10.2. The van der Waals surface area contributed by atoms with Crippen molar-refractivity contribution in [3.05, 3.63) is 54.0 Å². The van der Waals surface area contributed by atoms with Gasteiger partial charge in [-0.1, -0.05) is 0 Å². The van der Waals surface area contributed by atoms with Crippen molar-refractivity contribution in [3.8, 4) is 17.3 Å². The van der Waals surface area contributed by atoms with Gasteiger partial charge >= 0.3 is 5.97 Å². The van der Waals surface area contributed by atoms with Gasteiger partial charge in [-0.05, 0) is 36.8 Å². The molecule has 21 heavy (non-hydrogen) atoms. The number of aryl methyl sites for hydroxylation is 1. The molecule has 0 amide bonds. The number of carbonyl (C=O) groups excluding carboxylic acids is 1. The second kappa shape index (κ2) is 5.24. The first kappa shape index (κ1) is 13.1. The highest BCUT2D eigenvalue weighted by Crippen LogP contribution is 2.24. The van der Waals surface area contributed by atoms with E-state index in [9.17, 15) is 4.79 Å². The van der Waals surface area contributed by atoms with Crippen molar-refractivity contribution in [1.29, 1.82) is 0 Å². The number of methoxy groups -OCH3 is 1. The second-order valence-corrected chi connectivity index (χ2v) is 4.49. The van der Waals surface area contributed by atoms with Crippen LogP contribution in [0.2, 0.25) is 0 Å². The molecule has 3 heterocycles. The monoisotopic (exact) mass is 283 g/mol. The maximum absolute atomic E-state index is 11.7. The number of carbonyl (C=O) groups is 1. The van der Waals surface area contributed by atoms with Gasteiger partial charge in [0.2, 0.25) is 0 Å². The van der Waals surface area contributed by atoms with E-state index in [2.05, 4.69) is 10.1 Å². The molecule has 0 aliphatic heterocycles. The Hall–Kier alpha value is -2.89. The summed E-state index contributed by atoms with van der Waals surface area (Å²) in [6, 6.07) is 8.95. The number of pyridine rings is 1. The van der Waals surface area contributed by atoms with Crippen LogP contribution in [0.1, 0.15) is 16.1 Å². The van der Waals surface area contributed by atoms with E-state index in [1.54, 1.807) is 35.3 Å². The molecule has 0 fully saturated rings. The van der Waals surface area contributed by atoms with Crippen molar-refractivity contribution in [2.45, 2.75) is 6.92 Å². The molecule has 0 aliphatic rings. The number of nitrogens with zero attached hydrogens (tertiary/aromatic N) is 3. The molecule has 0 N–H and O–H groups in total. The molecule has 3 aromatic rings. The smallest absolute Gasteiger partial charge is 0.358 e. The van der Waals surface area contributed by atoms with Crippen LogP contribution < -0.4 is 0 Å². The standard InChI is InChI=1S/C15H13N3O3/c1-10-5-6-16-14(8-10)18-12(13-4-3-7-21-13)9-11(17-18)15(19)20-2/h3-9H,1-2H3. The Morgan fingerprint density at radius 2 is 2.19 bits per heavy atom. The van der Waals surface area contributed by atoms with Crippen LogP contribution in [-0.4, -0.2) is 27.8 Å². The van der Waals surface area contributed by atoms with Gasteiger partial charge in [-0.3, -0.25) is 0 Å². The van der Waals surface area contributed by atoms with Crippen molar-refractivity contribution in [1.82, 2.24) is 14.8 Å². The molecule has 0 radical (unpaired) electrons. The molecule has 0 unspecified atom stereocenters. The van der Waals surface area contributed by atoms with Crippen LogP contribution in [0, 0.1) is 6.92 Å². The first-order valence-electron chi connectivity index (χ1n) is 6.34. The lowest BCUT2D eigenvalue weighted by molar-refractivity contribution is 0.0593. The van der Waals surface area contributed by atoms with Crippen LogP contribution >= 0.6 is 0 Å². The SMILES string of the molecule is COC(=O)c1cc(-c2ccco2)n(-c2cc(C)ccn2)n1. The van der Waals surface area contributed by atoms with Gasteiger partial charge in [0.25, 0.3) is 0 Å². The molecular weight excluding hydrogens is 270 g/mol. The lowest BCUT2D eigenvalue weighted by Gasteiger charge is -2.05. The molecule has 106 valence electrons. The summed E-state index contributed by atoms with van der Waals surface area (Å²) in [7, 11) is 1.32. The van der Waals surface area contributed by atoms with Crippen molar-refractivity contribution in [2.75, 3.05) is 7.11 Å². The highest BCUT2D eigenvalue weighted by atomic mass is 16.5. The van der Waals surface area contributed by atoms with Crippen molar-refractivity contribution < 1.29 is 13.9 Å². The van der Waals surface area contributed by atoms with E-state index in [1.165, 1.54) is 7.11 Å². The lowest BCUT2D eigenvalue weighted by Crippen LogP contribution is -2.05. The van der Waals surface area contributed by atoms with E-state index in [4.69, 9.17) is 9.15 Å². The van der Waals surface area contributed by atoms with Gasteiger partial charge in [-0.25, -0.2) is 14.5 Å². The molecule has 0 saturated carbocycles. The zero-order valence-electron chi connectivity index (χ0n) is 11.6. The Balaban J connectivity index is 2.18. The van der Waals surface area contributed by atoms with Gasteiger partial charge in [-0.15, -0.1) is 0 Å². The fourth-order valence-electron chi connectivity index (χ4n) is 2.00. The summed E-state index contributed by atoms with van der Waals surface area (Å²) in [5.41, 5.74) is 1.88. The Bertz CT molecular complexity index is 775. The number of furan rings is 1. The summed E-state index contributed by atoms with van der Waals surface area (Å²) < 4.78 is 11.7. The van der Waals surface area contributed by atoms with Gasteiger partial charge in [0, 0.05) is 12.3 Å². The predicted octanol–water partition coefficient (Wildman–Crippen LogP) is 2.62. The van der Waals surface area contributed by atoms with E-state index in [1.807, 2.05) is 19.1 Å². The molecule has 3 aromatic heterocycles. The average molecular weight is 283 g/mol. The summed E-state index contributed by atoms with van der Waals surface area (Å²) in [6.45, 7) is 1.96. The van der Waals surface area contributed by atoms with E-state index < -0.39 is 5.97 Å². The van der Waals surface area contributed by atoms with Crippen LogP contribution in [0.3, 0.4) is 0 Å². The van der Waals surface area contributed by atoms with Crippen molar-refractivity contribution >= 4 is 5.97 Å². The van der Waals surface area contributed by atoms with Gasteiger partial charge in [0.15, 0.2) is 17.3 Å². The zero-order valence-corrected chi connectivity index (χ0v) is 11.6. The van der Waals surface area contributed by atoms with Crippen molar-refractivity contribution in [2.24, 2.45) is 0 Å². The Kier molecular flexibility index (Phi) is 3.27. The Labute approximate surface area is 121 Å². The molecule has 3 rings (SSSR count). The molecule has 0 atom stereocenters. The van der Waals surface area contributed by atoms with Crippen LogP contribution in [0.15, 0.2) is 47.2 Å². The number of hydrogen-bond acceptors (Lipinski definition) is 5. The number of esters is 1. The average Bonchev–Trinajstić information content (AvgIpc) is 3.15. The third-order valence-corrected chi connectivity index (χ3v) is 3.00. The molecule has 0 bridgehead atoms. The minimum Gasteiger partial charge on any atom is -0.464 e. The van der Waals surface area contributed by atoms with Crippen molar-refractivity contribution in [3.63, 3.8) is 0 Å². The Morgan fingerprint density at radius 1 is 1.33 bits per heavy atom. The van der Waals surface area contributed by atoms with Crippen LogP contribution in [0.4, 0.5) is 0 Å². The van der Waals surface area contributed by atoms with E-state index in [-0.39, 0.29) is 5.69 Å². The maximum atomic E-state index is 11.7. The van der Waals surface area contributed by atoms with Crippen LogP contribution in [-0.2, 0) is 4.74 Å². The fourth-order valence-corrected chi connectivity index (χ4v) is 2.00. The van der Waals surface area contributed by atoms with E-state index in [0.717, 1.165) is 5.56 Å². The number of rotatable bonds is 3. The van der Waals surface area contributed by atoms with Gasteiger partial charge in [-0.2, -0.15) is 5.10 Å². The Morgan fingerprint density at radius 3 is 2.86 bits per heavy atom. The van der Waals surface area contributed by atoms with Gasteiger partial charge in [0.05, 0.1) is 13.4 Å². The predicted molar refractivity (Wildman–Crippen MR) is 75.1 cm³/mol. The second-order valence-electron chi connectivity index (χ2n) is 4.49. The largest absolute Gasteiger partial charge is 0.464 e. The first-order valence-corrected chi connectivity index (χ1v) is 6.34. The minimum absolute atomic E-state index is 0.201. The zero-order chi connectivity index (χ0) is 14.8. The van der Waals surface area contributed by atoms with Gasteiger partial charge in [0.1, 0.15) is 5.69 Å². The maximum Gasteiger partial charge on any atom is 0.358 e. The summed E-state index contributed by atoms with van der Waals surface area (Å²) >= 11 is 0. The highest BCUT2D eigenvalue weighted by molar-refractivity contribution is 5.88. The third kappa shape index (κ3) is 2.43. The number of aromatic nitrogens is 3. The topological polar surface area (TPSA) is 70.2 Å². The minimum atomic E-state index is -0.505. The summed E-state index contributed by atoms with van der Waals surface area (Å²) in [6.07, 6.45) is 3.25. The highest BCUT2D eigenvalue weighted by Gasteiger charge is 2.19. The number of hydrogen-bond donors (Lipinski definition) is 0. The molecule has 0 aromatic carbocycles. The molecule has 6 nitrogen and oxygen atoms in total.